The Labute approximate surface area is 206 Å². The zero-order chi connectivity index (χ0) is 25.4. The van der Waals surface area contributed by atoms with Crippen LogP contribution in [0.1, 0.15) is 44.9 Å². The molecule has 35 heavy (non-hydrogen) atoms. The fourth-order valence-electron chi connectivity index (χ4n) is 3.67. The van der Waals surface area contributed by atoms with Crippen molar-refractivity contribution in [2.24, 2.45) is 0 Å². The van der Waals surface area contributed by atoms with Crippen molar-refractivity contribution in [1.82, 2.24) is 14.7 Å². The van der Waals surface area contributed by atoms with Gasteiger partial charge in [-0.3, -0.25) is 4.90 Å². The highest BCUT2D eigenvalue weighted by molar-refractivity contribution is 5.43. The van der Waals surface area contributed by atoms with Crippen molar-refractivity contribution in [3.8, 4) is 17.3 Å². The third kappa shape index (κ3) is 7.59. The summed E-state index contributed by atoms with van der Waals surface area (Å²) in [6, 6.07) is 12.0. The average molecular weight is 488 g/mol. The van der Waals surface area contributed by atoms with Gasteiger partial charge in [-0.05, 0) is 63.6 Å². The van der Waals surface area contributed by atoms with E-state index in [1.54, 1.807) is 28.9 Å². The van der Waals surface area contributed by atoms with Crippen molar-refractivity contribution in [3.05, 3.63) is 71.4 Å². The summed E-state index contributed by atoms with van der Waals surface area (Å²) in [4.78, 5) is 2.12. The lowest BCUT2D eigenvalue weighted by atomic mass is 10.2. The summed E-state index contributed by atoms with van der Waals surface area (Å²) in [6.45, 7) is 9.82. The minimum Gasteiger partial charge on any atom is -0.438 e. The van der Waals surface area contributed by atoms with Gasteiger partial charge < -0.3 is 14.6 Å². The maximum atomic E-state index is 13.9. The number of hydrogen-bond acceptors (Lipinski definition) is 5. The molecule has 1 atom stereocenters. The molecule has 0 bridgehead atoms. The molecular weight excluding hydrogens is 452 g/mol. The smallest absolute Gasteiger partial charge is 0.227 e. The first-order chi connectivity index (χ1) is 16.8. The molecule has 3 aromatic rings. The van der Waals surface area contributed by atoms with Crippen molar-refractivity contribution >= 4 is 0 Å². The lowest BCUT2D eigenvalue weighted by Gasteiger charge is -2.29. The van der Waals surface area contributed by atoms with Crippen LogP contribution in [0.5, 0.6) is 11.6 Å². The van der Waals surface area contributed by atoms with Crippen LogP contribution in [0.25, 0.3) is 5.69 Å². The third-order valence-corrected chi connectivity index (χ3v) is 5.71. The second kappa shape index (κ2) is 12.8. The summed E-state index contributed by atoms with van der Waals surface area (Å²) in [5, 5.41) is 15.2. The number of unbranched alkanes of at least 4 members (excludes halogenated alkanes) is 1. The first-order valence-corrected chi connectivity index (χ1v) is 12.1. The Morgan fingerprint density at radius 2 is 1.83 bits per heavy atom. The Morgan fingerprint density at radius 3 is 2.49 bits per heavy atom. The predicted molar refractivity (Wildman–Crippen MR) is 132 cm³/mol. The van der Waals surface area contributed by atoms with E-state index in [9.17, 15) is 13.9 Å². The molecule has 0 unspecified atom stereocenters. The zero-order valence-electron chi connectivity index (χ0n) is 20.9. The number of aliphatic hydroxyl groups is 1. The Morgan fingerprint density at radius 1 is 1.09 bits per heavy atom. The lowest BCUT2D eigenvalue weighted by Crippen LogP contribution is -2.39. The molecule has 2 aromatic carbocycles. The second-order valence-electron chi connectivity index (χ2n) is 8.92. The van der Waals surface area contributed by atoms with Gasteiger partial charge in [0.25, 0.3) is 0 Å². The number of rotatable bonds is 13. The van der Waals surface area contributed by atoms with E-state index in [1.165, 1.54) is 24.3 Å². The average Bonchev–Trinajstić information content (AvgIpc) is 3.11. The molecule has 3 rings (SSSR count). The molecule has 0 aliphatic rings. The van der Waals surface area contributed by atoms with E-state index >= 15 is 0 Å². The summed E-state index contributed by atoms with van der Waals surface area (Å²) >= 11 is 0. The minimum absolute atomic E-state index is 0.121. The lowest BCUT2D eigenvalue weighted by molar-refractivity contribution is 0.00842. The Hall–Kier alpha value is -2.81. The number of aromatic nitrogens is 2. The molecule has 1 N–H and O–H groups in total. The highest BCUT2D eigenvalue weighted by Crippen LogP contribution is 2.32. The van der Waals surface area contributed by atoms with Crippen LogP contribution in [0.2, 0.25) is 0 Å². The number of hydrogen-bond donors (Lipinski definition) is 1. The molecule has 1 heterocycles. The van der Waals surface area contributed by atoms with E-state index in [0.717, 1.165) is 24.1 Å². The predicted octanol–water partition coefficient (Wildman–Crippen LogP) is 5.64. The van der Waals surface area contributed by atoms with E-state index in [-0.39, 0.29) is 18.5 Å². The molecule has 8 heteroatoms. The molecule has 0 spiro atoms. The molecule has 0 radical (unpaired) electrons. The van der Waals surface area contributed by atoms with E-state index in [0.29, 0.717) is 37.0 Å². The van der Waals surface area contributed by atoms with Gasteiger partial charge in [0.2, 0.25) is 5.88 Å². The van der Waals surface area contributed by atoms with Crippen LogP contribution in [-0.2, 0) is 11.3 Å². The number of aliphatic hydroxyl groups excluding tert-OH is 1. The highest BCUT2D eigenvalue weighted by Gasteiger charge is 2.24. The van der Waals surface area contributed by atoms with Gasteiger partial charge in [0.15, 0.2) is 0 Å². The maximum Gasteiger partial charge on any atom is 0.227 e. The van der Waals surface area contributed by atoms with Gasteiger partial charge in [-0.2, -0.15) is 5.10 Å². The summed E-state index contributed by atoms with van der Waals surface area (Å²) in [7, 11) is 0. The van der Waals surface area contributed by atoms with Gasteiger partial charge in [-0.25, -0.2) is 13.5 Å². The van der Waals surface area contributed by atoms with Gasteiger partial charge >= 0.3 is 0 Å². The van der Waals surface area contributed by atoms with Crippen LogP contribution in [0.3, 0.4) is 0 Å². The fraction of sp³-hybridized carbons (Fsp3) is 0.444. The molecule has 0 saturated carbocycles. The van der Waals surface area contributed by atoms with Crippen LogP contribution in [0.4, 0.5) is 8.78 Å². The number of ether oxygens (including phenoxy) is 2. The normalized spacial score (nSPS) is 12.5. The van der Waals surface area contributed by atoms with E-state index in [4.69, 9.17) is 9.47 Å². The Kier molecular flexibility index (Phi) is 9.77. The largest absolute Gasteiger partial charge is 0.438 e. The molecule has 1 aromatic heterocycles. The molecule has 0 aliphatic heterocycles. The zero-order valence-corrected chi connectivity index (χ0v) is 20.9. The van der Waals surface area contributed by atoms with E-state index in [2.05, 4.69) is 30.8 Å². The Bertz CT molecular complexity index is 1070. The summed E-state index contributed by atoms with van der Waals surface area (Å²) in [6.07, 6.45) is 1.36. The number of halogens is 2. The van der Waals surface area contributed by atoms with Crippen molar-refractivity contribution < 1.29 is 23.4 Å². The van der Waals surface area contributed by atoms with E-state index in [1.807, 2.05) is 6.92 Å². The van der Waals surface area contributed by atoms with Gasteiger partial charge in [0, 0.05) is 31.8 Å². The van der Waals surface area contributed by atoms with Gasteiger partial charge in [0.1, 0.15) is 17.4 Å². The van der Waals surface area contributed by atoms with Crippen LogP contribution in [-0.4, -0.2) is 51.7 Å². The first-order valence-electron chi connectivity index (χ1n) is 12.1. The van der Waals surface area contributed by atoms with Crippen molar-refractivity contribution in [1.29, 1.82) is 0 Å². The molecule has 6 nitrogen and oxygen atoms in total. The molecule has 0 aliphatic carbocycles. The van der Waals surface area contributed by atoms with Crippen molar-refractivity contribution in [2.75, 3.05) is 19.8 Å². The summed E-state index contributed by atoms with van der Waals surface area (Å²) < 4.78 is 40.8. The SMILES string of the molecule is CCCCOC[C@H](O)CN(Cc1c(C)nn(-c2ccc(F)cc2)c1Oc1cccc(F)c1)C(C)C. The van der Waals surface area contributed by atoms with Crippen LogP contribution in [0, 0.1) is 18.6 Å². The van der Waals surface area contributed by atoms with Gasteiger partial charge in [-0.15, -0.1) is 0 Å². The monoisotopic (exact) mass is 487 g/mol. The van der Waals surface area contributed by atoms with Crippen LogP contribution < -0.4 is 4.74 Å². The highest BCUT2D eigenvalue weighted by atomic mass is 19.1. The molecule has 190 valence electrons. The fourth-order valence-corrected chi connectivity index (χ4v) is 3.67. The topological polar surface area (TPSA) is 59.8 Å². The number of aryl methyl sites for hydroxylation is 1. The van der Waals surface area contributed by atoms with Crippen molar-refractivity contribution in [3.63, 3.8) is 0 Å². The standard InChI is InChI=1S/C27H35F2N3O3/c1-5-6-14-34-18-24(33)16-31(19(2)3)17-26-20(4)30-32(23-12-10-21(28)11-13-23)27(26)35-25-9-7-8-22(29)15-25/h7-13,15,19,24,33H,5-6,14,16-18H2,1-4H3/t24-/m1/s1. The van der Waals surface area contributed by atoms with Crippen molar-refractivity contribution in [2.45, 2.75) is 59.2 Å². The summed E-state index contributed by atoms with van der Waals surface area (Å²) in [5.41, 5.74) is 2.14. The molecular formula is C27H35F2N3O3. The van der Waals surface area contributed by atoms with Gasteiger partial charge in [0.05, 0.1) is 29.7 Å². The van der Waals surface area contributed by atoms with E-state index < -0.39 is 11.9 Å². The number of benzene rings is 2. The van der Waals surface area contributed by atoms with Crippen LogP contribution in [0.15, 0.2) is 48.5 Å². The quantitative estimate of drug-likeness (QED) is 0.316. The first kappa shape index (κ1) is 26.8. The molecule has 0 fully saturated rings. The van der Waals surface area contributed by atoms with Crippen LogP contribution >= 0.6 is 0 Å². The second-order valence-corrected chi connectivity index (χ2v) is 8.92. The molecule has 0 amide bonds. The Balaban J connectivity index is 1.90. The third-order valence-electron chi connectivity index (χ3n) is 5.71. The molecule has 0 saturated heterocycles. The van der Waals surface area contributed by atoms with Gasteiger partial charge in [-0.1, -0.05) is 19.4 Å². The summed E-state index contributed by atoms with van der Waals surface area (Å²) in [5.74, 6) is -0.0239. The maximum absolute atomic E-state index is 13.9. The minimum atomic E-state index is -0.644. The number of nitrogens with zero attached hydrogens (tertiary/aromatic N) is 3.